The summed E-state index contributed by atoms with van der Waals surface area (Å²) in [5.74, 6) is 3.78. The van der Waals surface area contributed by atoms with E-state index >= 15 is 0 Å². The summed E-state index contributed by atoms with van der Waals surface area (Å²) >= 11 is 6.01. The Hall–Kier alpha value is -3.32. The van der Waals surface area contributed by atoms with Crippen molar-refractivity contribution in [1.82, 2.24) is 19.6 Å². The van der Waals surface area contributed by atoms with Crippen LogP contribution in [0.2, 0.25) is 5.02 Å². The van der Waals surface area contributed by atoms with Crippen LogP contribution < -0.4 is 14.8 Å². The van der Waals surface area contributed by atoms with Gasteiger partial charge in [-0.15, -0.1) is 5.10 Å². The minimum atomic E-state index is 0.558. The summed E-state index contributed by atoms with van der Waals surface area (Å²) in [6, 6.07) is 13.7. The lowest BCUT2D eigenvalue weighted by atomic mass is 10.1. The zero-order valence-electron chi connectivity index (χ0n) is 16.8. The van der Waals surface area contributed by atoms with Crippen molar-refractivity contribution in [3.63, 3.8) is 0 Å². The molecule has 4 aromatic rings. The zero-order valence-corrected chi connectivity index (χ0v) is 17.5. The van der Waals surface area contributed by atoms with Crippen molar-refractivity contribution in [2.24, 2.45) is 0 Å². The highest BCUT2D eigenvalue weighted by molar-refractivity contribution is 6.30. The van der Waals surface area contributed by atoms with Gasteiger partial charge in [0.25, 0.3) is 5.78 Å². The number of aryl methyl sites for hydroxylation is 1. The van der Waals surface area contributed by atoms with Crippen LogP contribution >= 0.6 is 11.6 Å². The van der Waals surface area contributed by atoms with E-state index in [1.54, 1.807) is 0 Å². The number of hydrogen-bond acceptors (Lipinski definition) is 6. The molecule has 1 N–H and O–H groups in total. The number of halogens is 1. The highest BCUT2D eigenvalue weighted by Crippen LogP contribution is 2.35. The number of fused-ring (bicyclic) bond motifs is 3. The molecule has 8 heteroatoms. The number of hydrogen-bond donors (Lipinski definition) is 1. The molecule has 0 radical (unpaired) electrons. The van der Waals surface area contributed by atoms with Gasteiger partial charge in [0, 0.05) is 28.8 Å². The summed E-state index contributed by atoms with van der Waals surface area (Å²) in [5, 5.41) is 9.05. The summed E-state index contributed by atoms with van der Waals surface area (Å²) in [7, 11) is 0. The molecule has 2 aliphatic rings. The van der Waals surface area contributed by atoms with Crippen LogP contribution in [0, 0.1) is 0 Å². The van der Waals surface area contributed by atoms with Crippen molar-refractivity contribution in [3.05, 3.63) is 70.1 Å². The lowest BCUT2D eigenvalue weighted by Crippen LogP contribution is -2.15. The molecule has 0 bridgehead atoms. The molecule has 0 spiro atoms. The maximum atomic E-state index is 6.01. The molecule has 1 aliphatic carbocycles. The summed E-state index contributed by atoms with van der Waals surface area (Å²) < 4.78 is 13.2. The molecule has 3 heterocycles. The molecule has 0 fully saturated rings. The minimum absolute atomic E-state index is 0.558. The van der Waals surface area contributed by atoms with Gasteiger partial charge in [-0.1, -0.05) is 23.7 Å². The molecule has 31 heavy (non-hydrogen) atoms. The predicted molar refractivity (Wildman–Crippen MR) is 118 cm³/mol. The van der Waals surface area contributed by atoms with Gasteiger partial charge in [-0.3, -0.25) is 0 Å². The molecule has 0 amide bonds. The quantitative estimate of drug-likeness (QED) is 0.515. The minimum Gasteiger partial charge on any atom is -0.486 e. The monoisotopic (exact) mass is 433 g/mol. The fourth-order valence-corrected chi connectivity index (χ4v) is 4.29. The molecule has 1 aliphatic heterocycles. The molecule has 0 unspecified atom stereocenters. The third-order valence-corrected chi connectivity index (χ3v) is 5.89. The maximum absolute atomic E-state index is 6.01. The lowest BCUT2D eigenvalue weighted by Gasteiger charge is -2.19. The van der Waals surface area contributed by atoms with Crippen LogP contribution in [0.25, 0.3) is 5.78 Å². The second-order valence-corrected chi connectivity index (χ2v) is 8.20. The molecule has 7 nitrogen and oxygen atoms in total. The normalized spacial score (nSPS) is 14.6. The Balaban J connectivity index is 1.39. The van der Waals surface area contributed by atoms with E-state index in [-0.39, 0.29) is 0 Å². The molecular formula is C23H20ClN5O2. The fourth-order valence-electron chi connectivity index (χ4n) is 4.17. The SMILES string of the molecule is Clc1ccc(Cc2nc3nc4c(c(Nc5ccc6c(c5)OCCO6)n3n2)CCC4)cc1. The highest BCUT2D eigenvalue weighted by Gasteiger charge is 2.23. The number of nitrogens with zero attached hydrogens (tertiary/aromatic N) is 4. The summed E-state index contributed by atoms with van der Waals surface area (Å²) in [6.07, 6.45) is 3.64. The van der Waals surface area contributed by atoms with E-state index in [1.165, 1.54) is 5.56 Å². The van der Waals surface area contributed by atoms with E-state index in [0.717, 1.165) is 64.4 Å². The van der Waals surface area contributed by atoms with Crippen LogP contribution in [0.15, 0.2) is 42.5 Å². The van der Waals surface area contributed by atoms with Crippen molar-refractivity contribution in [3.8, 4) is 11.5 Å². The third kappa shape index (κ3) is 3.45. The molecule has 6 rings (SSSR count). The molecule has 0 saturated heterocycles. The maximum Gasteiger partial charge on any atom is 0.254 e. The van der Waals surface area contributed by atoms with E-state index in [9.17, 15) is 0 Å². The number of aromatic nitrogens is 4. The van der Waals surface area contributed by atoms with Gasteiger partial charge in [0.1, 0.15) is 19.0 Å². The Bertz CT molecular complexity index is 1290. The van der Waals surface area contributed by atoms with Crippen molar-refractivity contribution in [2.45, 2.75) is 25.7 Å². The van der Waals surface area contributed by atoms with Gasteiger partial charge in [0.15, 0.2) is 17.3 Å². The largest absolute Gasteiger partial charge is 0.486 e. The van der Waals surface area contributed by atoms with Gasteiger partial charge in [-0.05, 0) is 49.1 Å². The molecule has 156 valence electrons. The van der Waals surface area contributed by atoms with E-state index in [1.807, 2.05) is 47.0 Å². The first-order valence-corrected chi connectivity index (χ1v) is 10.8. The van der Waals surface area contributed by atoms with Crippen LogP contribution in [0.5, 0.6) is 11.5 Å². The van der Waals surface area contributed by atoms with Gasteiger partial charge in [0.05, 0.1) is 5.69 Å². The Morgan fingerprint density at radius 1 is 0.968 bits per heavy atom. The first kappa shape index (κ1) is 18.4. The summed E-state index contributed by atoms with van der Waals surface area (Å²) in [6.45, 7) is 1.14. The van der Waals surface area contributed by atoms with E-state index in [0.29, 0.717) is 25.4 Å². The standard InChI is InChI=1S/C23H20ClN5O2/c24-15-6-4-14(5-7-15)12-21-27-23-26-18-3-1-2-17(18)22(29(23)28-21)25-16-8-9-19-20(13-16)31-11-10-30-19/h4-9,13,25H,1-3,10-12H2. The van der Waals surface area contributed by atoms with Gasteiger partial charge < -0.3 is 14.8 Å². The van der Waals surface area contributed by atoms with Gasteiger partial charge in [-0.25, -0.2) is 4.98 Å². The zero-order chi connectivity index (χ0) is 20.8. The number of benzene rings is 2. The van der Waals surface area contributed by atoms with Crippen LogP contribution in [-0.2, 0) is 19.3 Å². The van der Waals surface area contributed by atoms with Gasteiger partial charge in [0.2, 0.25) is 0 Å². The topological polar surface area (TPSA) is 73.6 Å². The molecular weight excluding hydrogens is 414 g/mol. The van der Waals surface area contributed by atoms with Gasteiger partial charge >= 0.3 is 0 Å². The van der Waals surface area contributed by atoms with E-state index in [4.69, 9.17) is 36.1 Å². The molecule has 0 saturated carbocycles. The number of anilines is 2. The number of rotatable bonds is 4. The second-order valence-electron chi connectivity index (χ2n) is 7.77. The lowest BCUT2D eigenvalue weighted by molar-refractivity contribution is 0.171. The highest BCUT2D eigenvalue weighted by atomic mass is 35.5. The average molecular weight is 434 g/mol. The smallest absolute Gasteiger partial charge is 0.254 e. The van der Waals surface area contributed by atoms with Crippen molar-refractivity contribution < 1.29 is 9.47 Å². The summed E-state index contributed by atoms with van der Waals surface area (Å²) in [4.78, 5) is 9.49. The first-order valence-electron chi connectivity index (χ1n) is 10.4. The van der Waals surface area contributed by atoms with E-state index in [2.05, 4.69) is 5.32 Å². The first-order chi connectivity index (χ1) is 15.2. The van der Waals surface area contributed by atoms with E-state index < -0.39 is 0 Å². The molecule has 2 aromatic heterocycles. The average Bonchev–Trinajstić information content (AvgIpc) is 3.42. The van der Waals surface area contributed by atoms with Crippen molar-refractivity contribution in [1.29, 1.82) is 0 Å². The number of ether oxygens (including phenoxy) is 2. The van der Waals surface area contributed by atoms with Gasteiger partial charge in [-0.2, -0.15) is 9.50 Å². The Kier molecular flexibility index (Phi) is 4.42. The van der Waals surface area contributed by atoms with Crippen LogP contribution in [-0.4, -0.2) is 32.8 Å². The molecule has 0 atom stereocenters. The predicted octanol–water partition coefficient (Wildman–Crippen LogP) is 4.37. The fraction of sp³-hybridized carbons (Fsp3) is 0.261. The molecule has 2 aromatic carbocycles. The summed E-state index contributed by atoms with van der Waals surface area (Å²) in [5.41, 5.74) is 4.32. The Morgan fingerprint density at radius 2 is 1.81 bits per heavy atom. The van der Waals surface area contributed by atoms with Crippen LogP contribution in [0.1, 0.15) is 29.1 Å². The van der Waals surface area contributed by atoms with Crippen LogP contribution in [0.3, 0.4) is 0 Å². The van der Waals surface area contributed by atoms with Crippen molar-refractivity contribution >= 4 is 28.9 Å². The Labute approximate surface area is 184 Å². The number of nitrogens with one attached hydrogen (secondary N) is 1. The second kappa shape index (κ2) is 7.42. The Morgan fingerprint density at radius 3 is 2.68 bits per heavy atom. The van der Waals surface area contributed by atoms with Crippen LogP contribution in [0.4, 0.5) is 11.5 Å². The van der Waals surface area contributed by atoms with Crippen molar-refractivity contribution in [2.75, 3.05) is 18.5 Å². The third-order valence-electron chi connectivity index (χ3n) is 5.64.